The molecular weight excluding hydrogens is 544 g/mol. The highest BCUT2D eigenvalue weighted by atomic mass is 16.7. The fraction of sp³-hybridized carbons (Fsp3) is 0.571. The van der Waals surface area contributed by atoms with E-state index in [0.29, 0.717) is 18.6 Å². The van der Waals surface area contributed by atoms with E-state index >= 15 is 0 Å². The standard InChI is InChI=1S/C28H38O13/c1-35-17-6-13(7-18(36-2)22(17)31)5-15-12-39-26(16(15)10-29)14-8-19(37-3)27(20(9-14)38-4)41-28-25(34)24(33)23(32)21(11-30)40-28/h6-9,15-16,21,23-26,28-34H,5,10-12H2,1-4H3. The minimum atomic E-state index is -1.63. The number of ether oxygens (including phenoxy) is 7. The molecule has 228 valence electrons. The van der Waals surface area contributed by atoms with Crippen LogP contribution in [0.3, 0.4) is 0 Å². The quantitative estimate of drug-likeness (QED) is 0.210. The molecule has 0 spiro atoms. The number of aliphatic hydroxyl groups is 5. The van der Waals surface area contributed by atoms with Gasteiger partial charge < -0.3 is 63.8 Å². The third kappa shape index (κ3) is 6.11. The zero-order valence-corrected chi connectivity index (χ0v) is 23.3. The number of aliphatic hydroxyl groups excluding tert-OH is 5. The van der Waals surface area contributed by atoms with Gasteiger partial charge in [-0.1, -0.05) is 0 Å². The summed E-state index contributed by atoms with van der Waals surface area (Å²) in [4.78, 5) is 0. The van der Waals surface area contributed by atoms with Crippen LogP contribution in [0, 0.1) is 11.8 Å². The summed E-state index contributed by atoms with van der Waals surface area (Å²) in [5, 5.41) is 60.8. The van der Waals surface area contributed by atoms with Gasteiger partial charge >= 0.3 is 0 Å². The van der Waals surface area contributed by atoms with Crippen LogP contribution < -0.4 is 23.7 Å². The maximum Gasteiger partial charge on any atom is 0.229 e. The Labute approximate surface area is 237 Å². The van der Waals surface area contributed by atoms with Crippen LogP contribution in [0.1, 0.15) is 17.2 Å². The van der Waals surface area contributed by atoms with Gasteiger partial charge in [0.2, 0.25) is 17.8 Å². The summed E-state index contributed by atoms with van der Waals surface area (Å²) in [6.45, 7) is -0.435. The molecule has 6 N–H and O–H groups in total. The zero-order valence-electron chi connectivity index (χ0n) is 23.3. The lowest BCUT2D eigenvalue weighted by Crippen LogP contribution is -2.60. The van der Waals surface area contributed by atoms with Crippen molar-refractivity contribution in [3.63, 3.8) is 0 Å². The Hall–Kier alpha value is -3.04. The summed E-state index contributed by atoms with van der Waals surface area (Å²) < 4.78 is 39.1. The van der Waals surface area contributed by atoms with E-state index in [4.69, 9.17) is 33.2 Å². The highest BCUT2D eigenvalue weighted by Gasteiger charge is 2.45. The number of aromatic hydroxyl groups is 1. The molecule has 2 aliphatic rings. The first-order valence-corrected chi connectivity index (χ1v) is 13.1. The molecule has 0 saturated carbocycles. The lowest BCUT2D eigenvalue weighted by Gasteiger charge is -2.39. The highest BCUT2D eigenvalue weighted by Crippen LogP contribution is 2.47. The summed E-state index contributed by atoms with van der Waals surface area (Å²) in [6, 6.07) is 6.75. The Balaban J connectivity index is 1.59. The Morgan fingerprint density at radius 2 is 1.37 bits per heavy atom. The molecule has 0 aliphatic carbocycles. The largest absolute Gasteiger partial charge is 0.502 e. The van der Waals surface area contributed by atoms with E-state index in [-0.39, 0.29) is 52.9 Å². The van der Waals surface area contributed by atoms with Crippen molar-refractivity contribution in [2.45, 2.75) is 43.2 Å². The first kappa shape index (κ1) is 30.9. The van der Waals surface area contributed by atoms with Gasteiger partial charge in [-0.3, -0.25) is 0 Å². The van der Waals surface area contributed by atoms with Crippen molar-refractivity contribution in [2.24, 2.45) is 11.8 Å². The number of hydrogen-bond donors (Lipinski definition) is 6. The Kier molecular flexibility index (Phi) is 10.0. The second-order valence-electron chi connectivity index (χ2n) is 9.98. The highest BCUT2D eigenvalue weighted by molar-refractivity contribution is 5.55. The molecule has 13 nitrogen and oxygen atoms in total. The molecule has 2 saturated heterocycles. The summed E-state index contributed by atoms with van der Waals surface area (Å²) in [5.41, 5.74) is 1.48. The molecule has 0 amide bonds. The third-order valence-electron chi connectivity index (χ3n) is 7.63. The number of phenols is 1. The monoisotopic (exact) mass is 582 g/mol. The molecule has 41 heavy (non-hydrogen) atoms. The van der Waals surface area contributed by atoms with Crippen LogP contribution in [0.2, 0.25) is 0 Å². The first-order chi connectivity index (χ1) is 19.7. The Morgan fingerprint density at radius 3 is 1.88 bits per heavy atom. The van der Waals surface area contributed by atoms with E-state index in [1.54, 1.807) is 24.3 Å². The van der Waals surface area contributed by atoms with Gasteiger partial charge in [0, 0.05) is 12.5 Å². The Morgan fingerprint density at radius 1 is 0.780 bits per heavy atom. The van der Waals surface area contributed by atoms with E-state index in [1.165, 1.54) is 28.4 Å². The topological polar surface area (TPSA) is 186 Å². The fourth-order valence-electron chi connectivity index (χ4n) is 5.35. The van der Waals surface area contributed by atoms with Gasteiger partial charge in [-0.25, -0.2) is 0 Å². The van der Waals surface area contributed by atoms with Gasteiger partial charge in [0.1, 0.15) is 24.4 Å². The van der Waals surface area contributed by atoms with Crippen molar-refractivity contribution in [2.75, 3.05) is 48.3 Å². The van der Waals surface area contributed by atoms with Crippen molar-refractivity contribution in [1.82, 2.24) is 0 Å². The fourth-order valence-corrected chi connectivity index (χ4v) is 5.35. The normalized spacial score (nSPS) is 29.7. The molecular formula is C28H38O13. The molecule has 2 aromatic carbocycles. The summed E-state index contributed by atoms with van der Waals surface area (Å²) >= 11 is 0. The first-order valence-electron chi connectivity index (χ1n) is 13.1. The van der Waals surface area contributed by atoms with Gasteiger partial charge in [-0.05, 0) is 47.7 Å². The van der Waals surface area contributed by atoms with Crippen molar-refractivity contribution in [1.29, 1.82) is 0 Å². The van der Waals surface area contributed by atoms with Gasteiger partial charge in [0.25, 0.3) is 0 Å². The third-order valence-corrected chi connectivity index (χ3v) is 7.63. The molecule has 2 aliphatic heterocycles. The molecule has 0 bridgehead atoms. The number of phenolic OH excluding ortho intramolecular Hbond substituents is 1. The molecule has 2 heterocycles. The van der Waals surface area contributed by atoms with E-state index in [2.05, 4.69) is 0 Å². The second-order valence-corrected chi connectivity index (χ2v) is 9.98. The molecule has 4 rings (SSSR count). The number of benzene rings is 2. The average Bonchev–Trinajstić information content (AvgIpc) is 3.40. The molecule has 2 fully saturated rings. The van der Waals surface area contributed by atoms with Crippen molar-refractivity contribution in [3.8, 4) is 34.5 Å². The maximum absolute atomic E-state index is 10.4. The van der Waals surface area contributed by atoms with Crippen molar-refractivity contribution < 1.29 is 63.8 Å². The molecule has 0 aromatic heterocycles. The van der Waals surface area contributed by atoms with E-state index in [9.17, 15) is 30.6 Å². The number of rotatable bonds is 11. The van der Waals surface area contributed by atoms with Gasteiger partial charge in [-0.15, -0.1) is 0 Å². The van der Waals surface area contributed by atoms with Gasteiger partial charge in [0.15, 0.2) is 23.0 Å². The van der Waals surface area contributed by atoms with Crippen molar-refractivity contribution in [3.05, 3.63) is 35.4 Å². The lowest BCUT2D eigenvalue weighted by atomic mass is 9.84. The summed E-state index contributed by atoms with van der Waals surface area (Å²) in [6.07, 6.45) is -7.40. The number of methoxy groups -OCH3 is 4. The second kappa shape index (κ2) is 13.3. The van der Waals surface area contributed by atoms with E-state index < -0.39 is 43.4 Å². The molecule has 2 aromatic rings. The zero-order chi connectivity index (χ0) is 29.8. The van der Waals surface area contributed by atoms with Gasteiger partial charge in [0.05, 0.1) is 47.8 Å². The molecule has 13 heteroatoms. The SMILES string of the molecule is COc1cc(CC2COC(c3cc(OC)c(OC4OC(CO)C(O)C(O)C4O)c(OC)c3)C2CO)cc(OC)c1O. The minimum absolute atomic E-state index is 0.0569. The van der Waals surface area contributed by atoms with Crippen LogP contribution in [-0.2, 0) is 15.9 Å². The van der Waals surface area contributed by atoms with Crippen LogP contribution in [0.4, 0.5) is 0 Å². The van der Waals surface area contributed by atoms with Gasteiger partial charge in [-0.2, -0.15) is 0 Å². The molecule has 0 radical (unpaired) electrons. The smallest absolute Gasteiger partial charge is 0.229 e. The predicted molar refractivity (Wildman–Crippen MR) is 142 cm³/mol. The Bertz CT molecular complexity index is 1120. The molecule has 8 unspecified atom stereocenters. The lowest BCUT2D eigenvalue weighted by molar-refractivity contribution is -0.277. The maximum atomic E-state index is 10.4. The minimum Gasteiger partial charge on any atom is -0.502 e. The number of hydrogen-bond acceptors (Lipinski definition) is 13. The summed E-state index contributed by atoms with van der Waals surface area (Å²) in [5.74, 6) is 0.517. The van der Waals surface area contributed by atoms with Crippen molar-refractivity contribution >= 4 is 0 Å². The van der Waals surface area contributed by atoms with E-state index in [1.807, 2.05) is 0 Å². The van der Waals surface area contributed by atoms with Crippen LogP contribution >= 0.6 is 0 Å². The average molecular weight is 583 g/mol. The predicted octanol–water partition coefficient (Wildman–Crippen LogP) is 0.144. The van der Waals surface area contributed by atoms with Crippen LogP contribution in [0.25, 0.3) is 0 Å². The van der Waals surface area contributed by atoms with E-state index in [0.717, 1.165) is 5.56 Å². The van der Waals surface area contributed by atoms with Crippen LogP contribution in [0.5, 0.6) is 34.5 Å². The summed E-state index contributed by atoms with van der Waals surface area (Å²) in [7, 11) is 5.72. The van der Waals surface area contributed by atoms with Crippen LogP contribution in [0.15, 0.2) is 24.3 Å². The molecule has 8 atom stereocenters. The van der Waals surface area contributed by atoms with Crippen LogP contribution in [-0.4, -0.2) is 110 Å².